The molecule has 1 fully saturated rings. The zero-order valence-electron chi connectivity index (χ0n) is 13.9. The molecule has 1 aliphatic heterocycles. The fourth-order valence-corrected chi connectivity index (χ4v) is 3.33. The van der Waals surface area contributed by atoms with Crippen LogP contribution < -0.4 is 0 Å². The average molecular weight is 344 g/mol. The molecule has 3 rings (SSSR count). The minimum absolute atomic E-state index is 0.0392. The lowest BCUT2D eigenvalue weighted by atomic mass is 9.90. The highest BCUT2D eigenvalue weighted by molar-refractivity contribution is 5.71. The third kappa shape index (κ3) is 3.71. The van der Waals surface area contributed by atoms with Crippen molar-refractivity contribution >= 4 is 11.7 Å². The van der Waals surface area contributed by atoms with E-state index in [1.165, 1.54) is 12.1 Å². The van der Waals surface area contributed by atoms with E-state index in [1.807, 2.05) is 19.1 Å². The van der Waals surface area contributed by atoms with Crippen LogP contribution in [0.15, 0.2) is 40.8 Å². The van der Waals surface area contributed by atoms with Crippen LogP contribution in [0, 0.1) is 16.0 Å². The van der Waals surface area contributed by atoms with E-state index in [4.69, 9.17) is 4.42 Å². The van der Waals surface area contributed by atoms with E-state index in [2.05, 4.69) is 4.90 Å². The molecule has 25 heavy (non-hydrogen) atoms. The Morgan fingerprint density at radius 1 is 1.32 bits per heavy atom. The van der Waals surface area contributed by atoms with Gasteiger partial charge in [-0.1, -0.05) is 0 Å². The van der Waals surface area contributed by atoms with Crippen molar-refractivity contribution in [1.82, 2.24) is 4.90 Å². The number of piperidine rings is 1. The summed E-state index contributed by atoms with van der Waals surface area (Å²) in [6.45, 7) is 3.34. The number of hydrogen-bond donors (Lipinski definition) is 1. The number of carboxylic acids is 1. The van der Waals surface area contributed by atoms with Gasteiger partial charge in [-0.15, -0.1) is 0 Å². The maximum atomic E-state index is 11.3. The number of hydrogen-bond acceptors (Lipinski definition) is 5. The lowest BCUT2D eigenvalue weighted by Gasteiger charge is -2.36. The van der Waals surface area contributed by atoms with Crippen LogP contribution in [0.25, 0.3) is 11.3 Å². The zero-order chi connectivity index (χ0) is 18.0. The third-order valence-electron chi connectivity index (χ3n) is 4.82. The molecule has 1 aromatic carbocycles. The minimum Gasteiger partial charge on any atom is -0.481 e. The van der Waals surface area contributed by atoms with Crippen LogP contribution in [0.5, 0.6) is 0 Å². The molecular formula is C18H20N2O5. The second-order valence-corrected chi connectivity index (χ2v) is 6.37. The number of carboxylic acid groups (broad SMARTS) is 1. The number of likely N-dealkylation sites (tertiary alicyclic amines) is 1. The van der Waals surface area contributed by atoms with E-state index >= 15 is 0 Å². The summed E-state index contributed by atoms with van der Waals surface area (Å²) in [7, 11) is 0. The average Bonchev–Trinajstić information content (AvgIpc) is 3.05. The first-order valence-corrected chi connectivity index (χ1v) is 8.26. The second kappa shape index (κ2) is 7.06. The molecule has 7 heteroatoms. The van der Waals surface area contributed by atoms with Gasteiger partial charge in [0.15, 0.2) is 0 Å². The van der Waals surface area contributed by atoms with E-state index in [0.717, 1.165) is 24.3 Å². The number of benzene rings is 1. The van der Waals surface area contributed by atoms with Crippen molar-refractivity contribution in [3.05, 3.63) is 52.3 Å². The Kier molecular flexibility index (Phi) is 4.85. The van der Waals surface area contributed by atoms with E-state index in [1.54, 1.807) is 12.1 Å². The van der Waals surface area contributed by atoms with E-state index in [0.29, 0.717) is 18.7 Å². The topological polar surface area (TPSA) is 96.8 Å². The van der Waals surface area contributed by atoms with Crippen LogP contribution in [0.2, 0.25) is 0 Å². The summed E-state index contributed by atoms with van der Waals surface area (Å²) >= 11 is 0. The van der Waals surface area contributed by atoms with E-state index in [9.17, 15) is 20.0 Å². The van der Waals surface area contributed by atoms with E-state index < -0.39 is 10.9 Å². The number of carbonyl (C=O) groups is 1. The van der Waals surface area contributed by atoms with E-state index in [-0.39, 0.29) is 17.6 Å². The summed E-state index contributed by atoms with van der Waals surface area (Å²) in [6.07, 6.45) is 1.57. The van der Waals surface area contributed by atoms with Gasteiger partial charge in [-0.25, -0.2) is 0 Å². The van der Waals surface area contributed by atoms with Crippen LogP contribution in [-0.2, 0) is 11.3 Å². The molecule has 0 unspecified atom stereocenters. The number of aliphatic carboxylic acids is 1. The fraction of sp³-hybridized carbons (Fsp3) is 0.389. The van der Waals surface area contributed by atoms with Crippen LogP contribution in [-0.4, -0.2) is 33.5 Å². The van der Waals surface area contributed by atoms with Crippen molar-refractivity contribution < 1.29 is 19.2 Å². The minimum atomic E-state index is -0.747. The SMILES string of the molecule is C[C@@H]1[C@H](C(=O)O)CCCN1Cc1ccc(-c2ccc([N+](=O)[O-])cc2)o1. The standard InChI is InChI=1S/C18H20N2O5/c1-12-16(18(21)22)3-2-10-19(12)11-15-8-9-17(25-15)13-4-6-14(7-5-13)20(23)24/h4-9,12,16H,2-3,10-11H2,1H3,(H,21,22)/t12-,16-/m1/s1. The highest BCUT2D eigenvalue weighted by atomic mass is 16.6. The summed E-state index contributed by atoms with van der Waals surface area (Å²) in [5.41, 5.74) is 0.810. The molecule has 1 aliphatic rings. The monoisotopic (exact) mass is 344 g/mol. The van der Waals surface area contributed by atoms with Gasteiger partial charge in [0, 0.05) is 23.7 Å². The van der Waals surface area contributed by atoms with Gasteiger partial charge in [-0.05, 0) is 50.6 Å². The second-order valence-electron chi connectivity index (χ2n) is 6.37. The van der Waals surface area contributed by atoms with Gasteiger partial charge in [0.05, 0.1) is 17.4 Å². The maximum Gasteiger partial charge on any atom is 0.308 e. The first kappa shape index (κ1) is 17.2. The van der Waals surface area contributed by atoms with Crippen molar-refractivity contribution in [2.45, 2.75) is 32.4 Å². The lowest BCUT2D eigenvalue weighted by Crippen LogP contribution is -2.45. The molecular weight excluding hydrogens is 324 g/mol. The smallest absolute Gasteiger partial charge is 0.308 e. The molecule has 1 N–H and O–H groups in total. The van der Waals surface area contributed by atoms with Crippen molar-refractivity contribution in [3.8, 4) is 11.3 Å². The number of non-ortho nitro benzene ring substituents is 1. The first-order chi connectivity index (χ1) is 12.0. The Hall–Kier alpha value is -2.67. The quantitative estimate of drug-likeness (QED) is 0.658. The maximum absolute atomic E-state index is 11.3. The van der Waals surface area contributed by atoms with Gasteiger partial charge in [0.1, 0.15) is 11.5 Å². The third-order valence-corrected chi connectivity index (χ3v) is 4.82. The molecule has 0 amide bonds. The summed E-state index contributed by atoms with van der Waals surface area (Å²) in [5.74, 6) is 0.302. The molecule has 0 radical (unpaired) electrons. The fourth-order valence-electron chi connectivity index (χ4n) is 3.33. The Labute approximate surface area is 145 Å². The van der Waals surface area contributed by atoms with Gasteiger partial charge in [-0.2, -0.15) is 0 Å². The molecule has 0 aliphatic carbocycles. The number of nitrogens with zero attached hydrogens (tertiary/aromatic N) is 2. The molecule has 0 saturated carbocycles. The molecule has 2 heterocycles. The van der Waals surface area contributed by atoms with Crippen LogP contribution in [0.1, 0.15) is 25.5 Å². The zero-order valence-corrected chi connectivity index (χ0v) is 13.9. The highest BCUT2D eigenvalue weighted by Crippen LogP contribution is 2.28. The molecule has 0 spiro atoms. The van der Waals surface area contributed by atoms with Crippen LogP contribution >= 0.6 is 0 Å². The number of furan rings is 1. The van der Waals surface area contributed by atoms with Crippen LogP contribution in [0.3, 0.4) is 0 Å². The molecule has 1 saturated heterocycles. The molecule has 0 bridgehead atoms. The first-order valence-electron chi connectivity index (χ1n) is 8.26. The molecule has 2 atom stereocenters. The Balaban J connectivity index is 1.71. The number of nitro groups is 1. The summed E-state index contributed by atoms with van der Waals surface area (Å²) < 4.78 is 5.86. The van der Waals surface area contributed by atoms with Crippen molar-refractivity contribution in [2.75, 3.05) is 6.54 Å². The normalized spacial score (nSPS) is 21.2. The highest BCUT2D eigenvalue weighted by Gasteiger charge is 2.33. The van der Waals surface area contributed by atoms with Crippen molar-refractivity contribution in [2.24, 2.45) is 5.92 Å². The van der Waals surface area contributed by atoms with Gasteiger partial charge < -0.3 is 9.52 Å². The Morgan fingerprint density at radius 3 is 2.68 bits per heavy atom. The predicted octanol–water partition coefficient (Wildman–Crippen LogP) is 3.54. The number of rotatable bonds is 5. The predicted molar refractivity (Wildman–Crippen MR) is 91.0 cm³/mol. The summed E-state index contributed by atoms with van der Waals surface area (Å²) in [5, 5.41) is 20.0. The Morgan fingerprint density at radius 2 is 2.04 bits per heavy atom. The van der Waals surface area contributed by atoms with Crippen LogP contribution in [0.4, 0.5) is 5.69 Å². The van der Waals surface area contributed by atoms with Gasteiger partial charge in [-0.3, -0.25) is 19.8 Å². The molecule has 7 nitrogen and oxygen atoms in total. The van der Waals surface area contributed by atoms with Crippen molar-refractivity contribution in [1.29, 1.82) is 0 Å². The lowest BCUT2D eigenvalue weighted by molar-refractivity contribution is -0.384. The summed E-state index contributed by atoms with van der Waals surface area (Å²) in [6, 6.07) is 9.87. The van der Waals surface area contributed by atoms with Gasteiger partial charge >= 0.3 is 5.97 Å². The van der Waals surface area contributed by atoms with Gasteiger partial charge in [0.25, 0.3) is 5.69 Å². The largest absolute Gasteiger partial charge is 0.481 e. The summed E-state index contributed by atoms with van der Waals surface area (Å²) in [4.78, 5) is 23.7. The molecule has 1 aromatic heterocycles. The van der Waals surface area contributed by atoms with Crippen molar-refractivity contribution in [3.63, 3.8) is 0 Å². The Bertz CT molecular complexity index is 768. The molecule has 132 valence electrons. The number of nitro benzene ring substituents is 1. The van der Waals surface area contributed by atoms with Gasteiger partial charge in [0.2, 0.25) is 0 Å². The molecule has 2 aromatic rings.